The summed E-state index contributed by atoms with van der Waals surface area (Å²) in [5.41, 5.74) is 6.23. The summed E-state index contributed by atoms with van der Waals surface area (Å²) in [6, 6.07) is 0. The van der Waals surface area contributed by atoms with Crippen molar-refractivity contribution in [3.05, 3.63) is 11.1 Å². The van der Waals surface area contributed by atoms with Gasteiger partial charge in [0.1, 0.15) is 0 Å². The van der Waals surface area contributed by atoms with Crippen molar-refractivity contribution in [2.24, 2.45) is 0 Å². The molecule has 0 aliphatic rings. The number of rotatable bonds is 1. The molecular formula is C5H7ClN2S. The molecule has 0 amide bonds. The Morgan fingerprint density at radius 3 is 2.78 bits per heavy atom. The number of aromatic nitrogens is 1. The maximum Gasteiger partial charge on any atom is 0.180 e. The van der Waals surface area contributed by atoms with E-state index >= 15 is 0 Å². The molecule has 9 heavy (non-hydrogen) atoms. The molecule has 4 heteroatoms. The van der Waals surface area contributed by atoms with E-state index in [9.17, 15) is 0 Å². The van der Waals surface area contributed by atoms with Crippen molar-refractivity contribution in [3.63, 3.8) is 0 Å². The minimum Gasteiger partial charge on any atom is -0.375 e. The molecule has 2 nitrogen and oxygen atoms in total. The van der Waals surface area contributed by atoms with Crippen molar-refractivity contribution < 1.29 is 0 Å². The van der Waals surface area contributed by atoms with Crippen LogP contribution in [0.25, 0.3) is 0 Å². The first-order chi connectivity index (χ1) is 4.20. The lowest BCUT2D eigenvalue weighted by molar-refractivity contribution is 1.02. The molecule has 1 unspecified atom stereocenters. The smallest absolute Gasteiger partial charge is 0.180 e. The monoisotopic (exact) mass is 162 g/mol. The number of anilines is 1. The Balaban J connectivity index is 2.85. The second kappa shape index (κ2) is 2.54. The fourth-order valence-electron chi connectivity index (χ4n) is 0.483. The number of hydrogen-bond donors (Lipinski definition) is 1. The zero-order valence-corrected chi connectivity index (χ0v) is 6.54. The first kappa shape index (κ1) is 6.83. The number of thiazole rings is 1. The highest BCUT2D eigenvalue weighted by Crippen LogP contribution is 2.21. The predicted octanol–water partition coefficient (Wildman–Crippen LogP) is 2.03. The van der Waals surface area contributed by atoms with E-state index in [1.54, 1.807) is 0 Å². The standard InChI is InChI=1S/C5H7ClN2S/c1-3(6)4-2-9-5(7)8-4/h2-3H,1H3,(H2,7,8). The van der Waals surface area contributed by atoms with Crippen LogP contribution in [0, 0.1) is 0 Å². The van der Waals surface area contributed by atoms with E-state index in [0.717, 1.165) is 5.69 Å². The van der Waals surface area contributed by atoms with Crippen LogP contribution in [-0.4, -0.2) is 4.98 Å². The lowest BCUT2D eigenvalue weighted by Gasteiger charge is -1.92. The third-order valence-electron chi connectivity index (χ3n) is 0.947. The third-order valence-corrected chi connectivity index (χ3v) is 1.86. The summed E-state index contributed by atoms with van der Waals surface area (Å²) in [5.74, 6) is 0. The van der Waals surface area contributed by atoms with Gasteiger partial charge in [0.25, 0.3) is 0 Å². The highest BCUT2D eigenvalue weighted by Gasteiger charge is 2.03. The normalized spacial score (nSPS) is 13.6. The van der Waals surface area contributed by atoms with Crippen molar-refractivity contribution >= 4 is 28.1 Å². The molecule has 0 bridgehead atoms. The molecule has 1 atom stereocenters. The van der Waals surface area contributed by atoms with Gasteiger partial charge in [-0.05, 0) is 6.92 Å². The summed E-state index contributed by atoms with van der Waals surface area (Å²) < 4.78 is 0. The van der Waals surface area contributed by atoms with E-state index in [1.165, 1.54) is 11.3 Å². The molecule has 0 spiro atoms. The average Bonchev–Trinajstić information content (AvgIpc) is 2.14. The van der Waals surface area contributed by atoms with Gasteiger partial charge in [-0.3, -0.25) is 0 Å². The highest BCUT2D eigenvalue weighted by atomic mass is 35.5. The molecule has 1 rings (SSSR count). The fourth-order valence-corrected chi connectivity index (χ4v) is 1.33. The highest BCUT2D eigenvalue weighted by molar-refractivity contribution is 7.13. The summed E-state index contributed by atoms with van der Waals surface area (Å²) in [4.78, 5) is 3.97. The van der Waals surface area contributed by atoms with Gasteiger partial charge in [0.2, 0.25) is 0 Å². The van der Waals surface area contributed by atoms with Gasteiger partial charge in [-0.1, -0.05) is 0 Å². The maximum atomic E-state index is 5.71. The number of halogens is 1. The van der Waals surface area contributed by atoms with Crippen LogP contribution < -0.4 is 5.73 Å². The third kappa shape index (κ3) is 1.56. The van der Waals surface area contributed by atoms with Gasteiger partial charge in [-0.2, -0.15) is 0 Å². The molecule has 0 aliphatic carbocycles. The van der Waals surface area contributed by atoms with Crippen LogP contribution in [0.15, 0.2) is 5.38 Å². The Morgan fingerprint density at radius 2 is 2.56 bits per heavy atom. The zero-order valence-electron chi connectivity index (χ0n) is 4.97. The molecule has 0 radical (unpaired) electrons. The maximum absolute atomic E-state index is 5.71. The Bertz CT molecular complexity index is 197. The summed E-state index contributed by atoms with van der Waals surface area (Å²) >= 11 is 7.12. The zero-order chi connectivity index (χ0) is 6.85. The summed E-state index contributed by atoms with van der Waals surface area (Å²) in [6.07, 6.45) is 0. The largest absolute Gasteiger partial charge is 0.375 e. The second-order valence-corrected chi connectivity index (χ2v) is 3.27. The van der Waals surface area contributed by atoms with E-state index in [4.69, 9.17) is 17.3 Å². The Labute approximate surface area is 62.7 Å². The van der Waals surface area contributed by atoms with E-state index in [-0.39, 0.29) is 5.38 Å². The van der Waals surface area contributed by atoms with Crippen LogP contribution in [0.4, 0.5) is 5.13 Å². The molecule has 1 aromatic heterocycles. The first-order valence-corrected chi connectivity index (χ1v) is 3.86. The number of alkyl halides is 1. The number of nitrogens with zero attached hydrogens (tertiary/aromatic N) is 1. The van der Waals surface area contributed by atoms with Gasteiger partial charge in [-0.25, -0.2) is 4.98 Å². The van der Waals surface area contributed by atoms with Gasteiger partial charge >= 0.3 is 0 Å². The van der Waals surface area contributed by atoms with E-state index in [2.05, 4.69) is 4.98 Å². The van der Waals surface area contributed by atoms with Gasteiger partial charge in [-0.15, -0.1) is 22.9 Å². The molecule has 2 N–H and O–H groups in total. The van der Waals surface area contributed by atoms with E-state index < -0.39 is 0 Å². The SMILES string of the molecule is CC(Cl)c1csc(N)n1. The van der Waals surface area contributed by atoms with Crippen molar-refractivity contribution in [2.75, 3.05) is 5.73 Å². The molecular weight excluding hydrogens is 156 g/mol. The van der Waals surface area contributed by atoms with Crippen LogP contribution in [0.2, 0.25) is 0 Å². The minimum atomic E-state index is -0.0291. The molecule has 0 saturated heterocycles. The van der Waals surface area contributed by atoms with Gasteiger partial charge < -0.3 is 5.73 Å². The molecule has 0 saturated carbocycles. The topological polar surface area (TPSA) is 38.9 Å². The van der Waals surface area contributed by atoms with Crippen LogP contribution in [0.1, 0.15) is 18.0 Å². The number of nitrogens with two attached hydrogens (primary N) is 1. The molecule has 1 heterocycles. The molecule has 50 valence electrons. The van der Waals surface area contributed by atoms with Gasteiger partial charge in [0.15, 0.2) is 5.13 Å². The lowest BCUT2D eigenvalue weighted by atomic mass is 10.4. The predicted molar refractivity (Wildman–Crippen MR) is 40.8 cm³/mol. The van der Waals surface area contributed by atoms with E-state index in [1.807, 2.05) is 12.3 Å². The van der Waals surface area contributed by atoms with Crippen LogP contribution >= 0.6 is 22.9 Å². The van der Waals surface area contributed by atoms with Crippen molar-refractivity contribution in [2.45, 2.75) is 12.3 Å². The van der Waals surface area contributed by atoms with Crippen molar-refractivity contribution in [3.8, 4) is 0 Å². The number of nitrogen functional groups attached to an aromatic ring is 1. The van der Waals surface area contributed by atoms with Crippen LogP contribution in [-0.2, 0) is 0 Å². The van der Waals surface area contributed by atoms with Crippen LogP contribution in [0.3, 0.4) is 0 Å². The van der Waals surface area contributed by atoms with E-state index in [0.29, 0.717) is 5.13 Å². The summed E-state index contributed by atoms with van der Waals surface area (Å²) in [5, 5.41) is 2.42. The molecule has 0 fully saturated rings. The fraction of sp³-hybridized carbons (Fsp3) is 0.400. The summed E-state index contributed by atoms with van der Waals surface area (Å²) in [7, 11) is 0. The second-order valence-electron chi connectivity index (χ2n) is 1.73. The quantitative estimate of drug-likeness (QED) is 0.642. The van der Waals surface area contributed by atoms with Crippen molar-refractivity contribution in [1.82, 2.24) is 4.98 Å². The first-order valence-electron chi connectivity index (χ1n) is 2.55. The van der Waals surface area contributed by atoms with Gasteiger partial charge in [0.05, 0.1) is 11.1 Å². The Morgan fingerprint density at radius 1 is 1.89 bits per heavy atom. The molecule has 0 aliphatic heterocycles. The lowest BCUT2D eigenvalue weighted by Crippen LogP contribution is -1.86. The van der Waals surface area contributed by atoms with Gasteiger partial charge in [0, 0.05) is 5.38 Å². The minimum absolute atomic E-state index is 0.0291. The summed E-state index contributed by atoms with van der Waals surface area (Å²) in [6.45, 7) is 1.87. The van der Waals surface area contributed by atoms with Crippen LogP contribution in [0.5, 0.6) is 0 Å². The molecule has 1 aromatic rings. The average molecular weight is 163 g/mol. The molecule has 0 aromatic carbocycles. The Hall–Kier alpha value is -0.280. The van der Waals surface area contributed by atoms with Crippen molar-refractivity contribution in [1.29, 1.82) is 0 Å². The Kier molecular flexibility index (Phi) is 1.93. The number of hydrogen-bond acceptors (Lipinski definition) is 3.